The van der Waals surface area contributed by atoms with Crippen LogP contribution in [0.2, 0.25) is 0 Å². The number of phenols is 1. The second-order valence-corrected chi connectivity index (χ2v) is 6.36. The van der Waals surface area contributed by atoms with Crippen LogP contribution in [-0.4, -0.2) is 47.6 Å². The lowest BCUT2D eigenvalue weighted by Gasteiger charge is -2.46. The van der Waals surface area contributed by atoms with E-state index in [0.29, 0.717) is 5.75 Å². The van der Waals surface area contributed by atoms with Crippen molar-refractivity contribution in [2.75, 3.05) is 32.4 Å². The smallest absolute Gasteiger partial charge is 0.120 e. The highest BCUT2D eigenvalue weighted by Crippen LogP contribution is 2.31. The quantitative estimate of drug-likeness (QED) is 0.639. The molecule has 2 fully saturated rings. The van der Waals surface area contributed by atoms with Crippen LogP contribution in [0.3, 0.4) is 0 Å². The number of nitrogens with two attached hydrogens (primary N) is 1. The summed E-state index contributed by atoms with van der Waals surface area (Å²) in [7, 11) is 2.26. The van der Waals surface area contributed by atoms with Gasteiger partial charge in [-0.15, -0.1) is 0 Å². The third-order valence-corrected chi connectivity index (χ3v) is 4.93. The van der Waals surface area contributed by atoms with Crippen molar-refractivity contribution in [3.63, 3.8) is 0 Å². The predicted octanol–water partition coefficient (Wildman–Crippen LogP) is 1.89. The molecular formula is C16H25N3O. The highest BCUT2D eigenvalue weighted by Gasteiger charge is 2.34. The van der Waals surface area contributed by atoms with E-state index < -0.39 is 0 Å². The molecule has 2 aliphatic heterocycles. The topological polar surface area (TPSA) is 52.7 Å². The Balaban J connectivity index is 1.66. The van der Waals surface area contributed by atoms with Gasteiger partial charge in [0.1, 0.15) is 5.75 Å². The fraction of sp³-hybridized carbons (Fsp3) is 0.625. The Morgan fingerprint density at radius 3 is 3.00 bits per heavy atom. The van der Waals surface area contributed by atoms with Crippen LogP contribution in [-0.2, 0) is 6.54 Å². The molecule has 1 aromatic carbocycles. The minimum absolute atomic E-state index is 0.363. The number of phenolic OH excluding ortho intramolecular Hbond substituents is 1. The largest absolute Gasteiger partial charge is 0.508 e. The summed E-state index contributed by atoms with van der Waals surface area (Å²) in [6.07, 6.45) is 3.90. The Bertz CT molecular complexity index is 477. The van der Waals surface area contributed by atoms with Gasteiger partial charge in [-0.25, -0.2) is 0 Å². The highest BCUT2D eigenvalue weighted by molar-refractivity contribution is 5.47. The van der Waals surface area contributed by atoms with Gasteiger partial charge in [-0.3, -0.25) is 4.90 Å². The summed E-state index contributed by atoms with van der Waals surface area (Å²) in [6.45, 7) is 4.31. The average molecular weight is 275 g/mol. The molecule has 2 heterocycles. The molecule has 4 nitrogen and oxygen atoms in total. The first kappa shape index (κ1) is 13.7. The van der Waals surface area contributed by atoms with Crippen molar-refractivity contribution >= 4 is 5.69 Å². The molecule has 2 atom stereocenters. The van der Waals surface area contributed by atoms with E-state index in [-0.39, 0.29) is 0 Å². The van der Waals surface area contributed by atoms with Gasteiger partial charge in [0.25, 0.3) is 0 Å². The van der Waals surface area contributed by atoms with Crippen LogP contribution in [0.15, 0.2) is 18.2 Å². The molecule has 4 heteroatoms. The van der Waals surface area contributed by atoms with Crippen LogP contribution in [0.5, 0.6) is 5.75 Å². The van der Waals surface area contributed by atoms with E-state index in [1.165, 1.54) is 25.8 Å². The third kappa shape index (κ3) is 2.76. The van der Waals surface area contributed by atoms with Gasteiger partial charge in [0.2, 0.25) is 0 Å². The monoisotopic (exact) mass is 275 g/mol. The molecule has 110 valence electrons. The van der Waals surface area contributed by atoms with E-state index in [1.807, 2.05) is 6.07 Å². The van der Waals surface area contributed by atoms with Gasteiger partial charge >= 0.3 is 0 Å². The summed E-state index contributed by atoms with van der Waals surface area (Å²) in [5.74, 6) is 1.15. The standard InChI is InChI=1S/C16H25N3O/c1-18-7-2-3-12-10-19(8-6-15(12)18)11-13-9-14(17)4-5-16(13)20/h4-5,9,12,15,20H,2-3,6-8,10-11,17H2,1H3. The summed E-state index contributed by atoms with van der Waals surface area (Å²) >= 11 is 0. The molecule has 0 amide bonds. The maximum atomic E-state index is 9.95. The zero-order valence-corrected chi connectivity index (χ0v) is 12.3. The van der Waals surface area contributed by atoms with Gasteiger partial charge in [0.15, 0.2) is 0 Å². The molecule has 0 saturated carbocycles. The van der Waals surface area contributed by atoms with E-state index in [0.717, 1.165) is 42.8 Å². The van der Waals surface area contributed by atoms with Crippen LogP contribution < -0.4 is 5.73 Å². The van der Waals surface area contributed by atoms with Crippen LogP contribution >= 0.6 is 0 Å². The molecule has 20 heavy (non-hydrogen) atoms. The predicted molar refractivity (Wildman–Crippen MR) is 81.6 cm³/mol. The molecule has 2 aliphatic rings. The first-order valence-electron chi connectivity index (χ1n) is 7.63. The van der Waals surface area contributed by atoms with Crippen molar-refractivity contribution in [3.05, 3.63) is 23.8 Å². The number of fused-ring (bicyclic) bond motifs is 1. The van der Waals surface area contributed by atoms with Crippen molar-refractivity contribution in [1.29, 1.82) is 0 Å². The summed E-state index contributed by atoms with van der Waals surface area (Å²) in [6, 6.07) is 6.11. The number of hydrogen-bond donors (Lipinski definition) is 2. The number of hydrogen-bond acceptors (Lipinski definition) is 4. The van der Waals surface area contributed by atoms with E-state index in [2.05, 4.69) is 16.8 Å². The van der Waals surface area contributed by atoms with Gasteiger partial charge in [0, 0.05) is 30.4 Å². The highest BCUT2D eigenvalue weighted by atomic mass is 16.3. The van der Waals surface area contributed by atoms with Crippen LogP contribution in [0, 0.1) is 5.92 Å². The molecule has 2 saturated heterocycles. The molecule has 3 rings (SSSR count). The Hall–Kier alpha value is -1.26. The minimum atomic E-state index is 0.363. The fourth-order valence-electron chi connectivity index (χ4n) is 3.84. The van der Waals surface area contributed by atoms with Gasteiger partial charge in [-0.1, -0.05) is 0 Å². The normalized spacial score (nSPS) is 28.2. The molecule has 0 aliphatic carbocycles. The van der Waals surface area contributed by atoms with E-state index in [1.54, 1.807) is 12.1 Å². The maximum absolute atomic E-state index is 9.95. The van der Waals surface area contributed by atoms with Gasteiger partial charge in [-0.2, -0.15) is 0 Å². The molecule has 1 aromatic rings. The molecular weight excluding hydrogens is 250 g/mol. The van der Waals surface area contributed by atoms with Crippen molar-refractivity contribution in [2.24, 2.45) is 5.92 Å². The van der Waals surface area contributed by atoms with E-state index in [9.17, 15) is 5.11 Å². The number of nitrogens with zero attached hydrogens (tertiary/aromatic N) is 2. The fourth-order valence-corrected chi connectivity index (χ4v) is 3.84. The summed E-state index contributed by atoms with van der Waals surface area (Å²) in [5, 5.41) is 9.95. The number of benzene rings is 1. The average Bonchev–Trinajstić information content (AvgIpc) is 2.43. The minimum Gasteiger partial charge on any atom is -0.508 e. The zero-order valence-electron chi connectivity index (χ0n) is 12.3. The van der Waals surface area contributed by atoms with Crippen molar-refractivity contribution in [2.45, 2.75) is 31.8 Å². The Morgan fingerprint density at radius 1 is 1.30 bits per heavy atom. The number of nitrogen functional groups attached to an aromatic ring is 1. The number of piperidine rings is 2. The van der Waals surface area contributed by atoms with Crippen molar-refractivity contribution < 1.29 is 5.11 Å². The van der Waals surface area contributed by atoms with Gasteiger partial charge < -0.3 is 15.7 Å². The second kappa shape index (κ2) is 5.62. The van der Waals surface area contributed by atoms with Gasteiger partial charge in [0.05, 0.1) is 0 Å². The van der Waals surface area contributed by atoms with Crippen LogP contribution in [0.1, 0.15) is 24.8 Å². The SMILES string of the molecule is CN1CCCC2CN(Cc3cc(N)ccc3O)CCC21. The van der Waals surface area contributed by atoms with Crippen LogP contribution in [0.25, 0.3) is 0 Å². The third-order valence-electron chi connectivity index (χ3n) is 4.93. The molecule has 2 unspecified atom stereocenters. The zero-order chi connectivity index (χ0) is 14.1. The van der Waals surface area contributed by atoms with E-state index >= 15 is 0 Å². The van der Waals surface area contributed by atoms with Crippen molar-refractivity contribution in [1.82, 2.24) is 9.80 Å². The summed E-state index contributed by atoms with van der Waals surface area (Å²) < 4.78 is 0. The Morgan fingerprint density at radius 2 is 2.15 bits per heavy atom. The maximum Gasteiger partial charge on any atom is 0.120 e. The summed E-state index contributed by atoms with van der Waals surface area (Å²) in [5.41, 5.74) is 7.50. The number of likely N-dealkylation sites (tertiary alicyclic amines) is 2. The first-order valence-corrected chi connectivity index (χ1v) is 7.63. The van der Waals surface area contributed by atoms with Crippen LogP contribution in [0.4, 0.5) is 5.69 Å². The molecule has 0 radical (unpaired) electrons. The molecule has 0 bridgehead atoms. The second-order valence-electron chi connectivity index (χ2n) is 6.36. The number of aromatic hydroxyl groups is 1. The first-order chi connectivity index (χ1) is 9.63. The lowest BCUT2D eigenvalue weighted by Crippen LogP contribution is -2.52. The lowest BCUT2D eigenvalue weighted by atomic mass is 9.84. The Labute approximate surface area is 121 Å². The Kier molecular flexibility index (Phi) is 3.85. The van der Waals surface area contributed by atoms with Gasteiger partial charge in [-0.05, 0) is 63.5 Å². The molecule has 3 N–H and O–H groups in total. The number of anilines is 1. The van der Waals surface area contributed by atoms with Crippen molar-refractivity contribution in [3.8, 4) is 5.75 Å². The summed E-state index contributed by atoms with van der Waals surface area (Å²) in [4.78, 5) is 5.00. The molecule has 0 aromatic heterocycles. The number of rotatable bonds is 2. The lowest BCUT2D eigenvalue weighted by molar-refractivity contribution is 0.0352. The molecule has 0 spiro atoms. The van der Waals surface area contributed by atoms with E-state index in [4.69, 9.17) is 5.73 Å².